The number of aromatic nitrogens is 2. The highest BCUT2D eigenvalue weighted by Gasteiger charge is 2.13. The molecule has 0 atom stereocenters. The molecule has 0 aliphatic rings. The number of methoxy groups -OCH3 is 1. The standard InChI is InChI=1S/C15H20N2O2/c1-9-7-12(10(2)11(3)15(9)19-4)13-8-16-14(17-13)5-6-18/h7-8,18H,5-6H2,1-4H3,(H,16,17). The molecule has 4 nitrogen and oxygen atoms in total. The number of aliphatic hydroxyl groups is 1. The number of aromatic amines is 1. The van der Waals surface area contributed by atoms with E-state index in [1.54, 1.807) is 7.11 Å². The number of ether oxygens (including phenoxy) is 1. The fourth-order valence-electron chi connectivity index (χ4n) is 2.38. The highest BCUT2D eigenvalue weighted by Crippen LogP contribution is 2.33. The lowest BCUT2D eigenvalue weighted by Gasteiger charge is -2.14. The summed E-state index contributed by atoms with van der Waals surface area (Å²) in [6.45, 7) is 6.29. The average molecular weight is 260 g/mol. The summed E-state index contributed by atoms with van der Waals surface area (Å²) in [5, 5.41) is 8.93. The molecule has 0 bridgehead atoms. The van der Waals surface area contributed by atoms with Gasteiger partial charge in [0.2, 0.25) is 0 Å². The van der Waals surface area contributed by atoms with Crippen LogP contribution in [0, 0.1) is 20.8 Å². The van der Waals surface area contributed by atoms with Gasteiger partial charge in [0.25, 0.3) is 0 Å². The van der Waals surface area contributed by atoms with Crippen LogP contribution in [0.4, 0.5) is 0 Å². The number of nitrogens with zero attached hydrogens (tertiary/aromatic N) is 1. The van der Waals surface area contributed by atoms with Crippen molar-refractivity contribution in [3.8, 4) is 17.0 Å². The van der Waals surface area contributed by atoms with Crippen molar-refractivity contribution in [3.63, 3.8) is 0 Å². The lowest BCUT2D eigenvalue weighted by atomic mass is 9.97. The Morgan fingerprint density at radius 1 is 1.26 bits per heavy atom. The molecule has 1 aromatic heterocycles. The minimum absolute atomic E-state index is 0.104. The number of nitrogens with one attached hydrogen (secondary N) is 1. The van der Waals surface area contributed by atoms with Crippen LogP contribution in [0.5, 0.6) is 5.75 Å². The quantitative estimate of drug-likeness (QED) is 0.888. The zero-order valence-electron chi connectivity index (χ0n) is 11.9. The molecule has 0 radical (unpaired) electrons. The SMILES string of the molecule is COc1c(C)cc(-c2cnc(CCO)[nH]2)c(C)c1C. The van der Waals surface area contributed by atoms with Crippen molar-refractivity contribution < 1.29 is 9.84 Å². The lowest BCUT2D eigenvalue weighted by Crippen LogP contribution is -1.97. The van der Waals surface area contributed by atoms with Crippen molar-refractivity contribution >= 4 is 0 Å². The van der Waals surface area contributed by atoms with Crippen molar-refractivity contribution in [3.05, 3.63) is 34.8 Å². The number of imidazole rings is 1. The fourth-order valence-corrected chi connectivity index (χ4v) is 2.38. The van der Waals surface area contributed by atoms with Crippen LogP contribution in [0.1, 0.15) is 22.5 Å². The third-order valence-electron chi connectivity index (χ3n) is 3.50. The summed E-state index contributed by atoms with van der Waals surface area (Å²) in [4.78, 5) is 7.53. The van der Waals surface area contributed by atoms with Gasteiger partial charge >= 0.3 is 0 Å². The maximum atomic E-state index is 8.93. The van der Waals surface area contributed by atoms with Gasteiger partial charge in [-0.25, -0.2) is 4.98 Å². The van der Waals surface area contributed by atoms with Gasteiger partial charge < -0.3 is 14.8 Å². The smallest absolute Gasteiger partial charge is 0.124 e. The average Bonchev–Trinajstić information content (AvgIpc) is 2.83. The van der Waals surface area contributed by atoms with E-state index in [9.17, 15) is 0 Å². The number of H-pyrrole nitrogens is 1. The summed E-state index contributed by atoms with van der Waals surface area (Å²) in [6.07, 6.45) is 2.37. The zero-order valence-corrected chi connectivity index (χ0v) is 11.9. The molecule has 0 amide bonds. The van der Waals surface area contributed by atoms with Gasteiger partial charge in [0.15, 0.2) is 0 Å². The topological polar surface area (TPSA) is 58.1 Å². The molecule has 0 spiro atoms. The minimum atomic E-state index is 0.104. The predicted molar refractivity (Wildman–Crippen MR) is 75.6 cm³/mol. The molecule has 19 heavy (non-hydrogen) atoms. The monoisotopic (exact) mass is 260 g/mol. The Labute approximate surface area is 113 Å². The first-order valence-electron chi connectivity index (χ1n) is 6.38. The molecule has 0 fully saturated rings. The van der Waals surface area contributed by atoms with Crippen molar-refractivity contribution in [1.29, 1.82) is 0 Å². The summed E-state index contributed by atoms with van der Waals surface area (Å²) >= 11 is 0. The Morgan fingerprint density at radius 3 is 2.63 bits per heavy atom. The molecule has 2 aromatic rings. The van der Waals surface area contributed by atoms with Crippen LogP contribution in [0.25, 0.3) is 11.3 Å². The van der Waals surface area contributed by atoms with E-state index in [0.717, 1.165) is 34.0 Å². The number of rotatable bonds is 4. The van der Waals surface area contributed by atoms with Gasteiger partial charge in [0, 0.05) is 12.0 Å². The third kappa shape index (κ3) is 2.49. The highest BCUT2D eigenvalue weighted by atomic mass is 16.5. The van der Waals surface area contributed by atoms with E-state index in [0.29, 0.717) is 6.42 Å². The second-order valence-electron chi connectivity index (χ2n) is 4.74. The van der Waals surface area contributed by atoms with Crippen molar-refractivity contribution in [2.45, 2.75) is 27.2 Å². The molecule has 102 valence electrons. The van der Waals surface area contributed by atoms with Crippen LogP contribution in [0.3, 0.4) is 0 Å². The molecule has 0 saturated carbocycles. The van der Waals surface area contributed by atoms with Gasteiger partial charge in [-0.15, -0.1) is 0 Å². The number of aliphatic hydroxyl groups excluding tert-OH is 1. The minimum Gasteiger partial charge on any atom is -0.496 e. The van der Waals surface area contributed by atoms with Gasteiger partial charge in [-0.1, -0.05) is 0 Å². The molecule has 2 N–H and O–H groups in total. The summed E-state index contributed by atoms with van der Waals surface area (Å²) in [7, 11) is 1.70. The van der Waals surface area contributed by atoms with Gasteiger partial charge in [0.1, 0.15) is 11.6 Å². The second-order valence-corrected chi connectivity index (χ2v) is 4.74. The predicted octanol–water partition coefficient (Wildman–Crippen LogP) is 2.55. The molecular weight excluding hydrogens is 240 g/mol. The Hall–Kier alpha value is -1.81. The second kappa shape index (κ2) is 5.45. The van der Waals surface area contributed by atoms with Crippen molar-refractivity contribution in [2.24, 2.45) is 0 Å². The zero-order chi connectivity index (χ0) is 14.0. The van der Waals surface area contributed by atoms with Crippen molar-refractivity contribution in [1.82, 2.24) is 9.97 Å². The van der Waals surface area contributed by atoms with Crippen LogP contribution in [0.2, 0.25) is 0 Å². The molecule has 1 heterocycles. The number of aryl methyl sites for hydroxylation is 1. The van der Waals surface area contributed by atoms with Gasteiger partial charge in [-0.2, -0.15) is 0 Å². The first-order chi connectivity index (χ1) is 9.08. The summed E-state index contributed by atoms with van der Waals surface area (Å²) in [5.41, 5.74) is 5.55. The molecule has 0 unspecified atom stereocenters. The maximum Gasteiger partial charge on any atom is 0.124 e. The summed E-state index contributed by atoms with van der Waals surface area (Å²) in [6, 6.07) is 2.11. The van der Waals surface area contributed by atoms with E-state index >= 15 is 0 Å². The van der Waals surface area contributed by atoms with E-state index in [1.165, 1.54) is 5.56 Å². The van der Waals surface area contributed by atoms with E-state index in [-0.39, 0.29) is 6.61 Å². The first kappa shape index (κ1) is 13.6. The molecule has 0 aliphatic heterocycles. The molecule has 4 heteroatoms. The van der Waals surface area contributed by atoms with Crippen LogP contribution >= 0.6 is 0 Å². The Morgan fingerprint density at radius 2 is 2.00 bits per heavy atom. The number of benzene rings is 1. The van der Waals surface area contributed by atoms with Gasteiger partial charge in [0.05, 0.1) is 25.6 Å². The van der Waals surface area contributed by atoms with E-state index in [1.807, 2.05) is 13.1 Å². The molecule has 0 aliphatic carbocycles. The Bertz CT molecular complexity index is 588. The van der Waals surface area contributed by atoms with E-state index in [4.69, 9.17) is 9.84 Å². The van der Waals surface area contributed by atoms with E-state index < -0.39 is 0 Å². The lowest BCUT2D eigenvalue weighted by molar-refractivity contribution is 0.297. The highest BCUT2D eigenvalue weighted by molar-refractivity contribution is 5.68. The maximum absolute atomic E-state index is 8.93. The third-order valence-corrected chi connectivity index (χ3v) is 3.50. The summed E-state index contributed by atoms with van der Waals surface area (Å²) < 4.78 is 5.43. The van der Waals surface area contributed by atoms with Gasteiger partial charge in [-0.05, 0) is 43.5 Å². The van der Waals surface area contributed by atoms with Crippen LogP contribution in [-0.2, 0) is 6.42 Å². The number of hydrogen-bond donors (Lipinski definition) is 2. The van der Waals surface area contributed by atoms with Crippen molar-refractivity contribution in [2.75, 3.05) is 13.7 Å². The van der Waals surface area contributed by atoms with Crippen LogP contribution in [0.15, 0.2) is 12.3 Å². The molecular formula is C15H20N2O2. The largest absolute Gasteiger partial charge is 0.496 e. The Balaban J connectivity index is 2.50. The summed E-state index contributed by atoms with van der Waals surface area (Å²) in [5.74, 6) is 1.75. The normalized spacial score (nSPS) is 10.8. The van der Waals surface area contributed by atoms with Gasteiger partial charge in [-0.3, -0.25) is 0 Å². The molecule has 0 saturated heterocycles. The molecule has 1 aromatic carbocycles. The Kier molecular flexibility index (Phi) is 3.90. The van der Waals surface area contributed by atoms with Crippen LogP contribution in [-0.4, -0.2) is 28.8 Å². The van der Waals surface area contributed by atoms with Crippen LogP contribution < -0.4 is 4.74 Å². The number of hydrogen-bond acceptors (Lipinski definition) is 3. The van der Waals surface area contributed by atoms with E-state index in [2.05, 4.69) is 29.9 Å². The fraction of sp³-hybridized carbons (Fsp3) is 0.400. The molecule has 2 rings (SSSR count). The first-order valence-corrected chi connectivity index (χ1v) is 6.38.